The first kappa shape index (κ1) is 17.5. The van der Waals surface area contributed by atoms with E-state index in [1.54, 1.807) is 0 Å². The minimum absolute atomic E-state index is 0.250. The molecule has 3 N–H and O–H groups in total. The maximum Gasteiger partial charge on any atom is 0.277 e. The fraction of sp³-hybridized carbons (Fsp3) is 0.389. The summed E-state index contributed by atoms with van der Waals surface area (Å²) in [4.78, 5) is 21.9. The smallest absolute Gasteiger partial charge is 0.277 e. The molecule has 2 aromatic heterocycles. The summed E-state index contributed by atoms with van der Waals surface area (Å²) in [5.74, 6) is 0. The number of hydrogen-bond acceptors (Lipinski definition) is 4. The van der Waals surface area contributed by atoms with Gasteiger partial charge >= 0.3 is 0 Å². The van der Waals surface area contributed by atoms with E-state index in [9.17, 15) is 4.79 Å². The maximum atomic E-state index is 12.0. The molecule has 0 amide bonds. The highest BCUT2D eigenvalue weighted by molar-refractivity contribution is 7.71. The maximum absolute atomic E-state index is 12.0. The molecular formula is C18H20ClN5OS. The van der Waals surface area contributed by atoms with Crippen LogP contribution in [0.15, 0.2) is 29.3 Å². The Morgan fingerprint density at radius 2 is 2.19 bits per heavy atom. The number of rotatable bonds is 3. The first-order valence-electron chi connectivity index (χ1n) is 8.81. The van der Waals surface area contributed by atoms with Crippen LogP contribution in [0, 0.1) is 4.77 Å². The van der Waals surface area contributed by atoms with Gasteiger partial charge in [0.15, 0.2) is 10.4 Å². The van der Waals surface area contributed by atoms with E-state index in [0.717, 1.165) is 23.6 Å². The summed E-state index contributed by atoms with van der Waals surface area (Å²) in [7, 11) is 0. The number of hydrogen-bond donors (Lipinski definition) is 3. The average molecular weight is 390 g/mol. The minimum Gasteiger partial charge on any atom is -0.339 e. The molecule has 4 rings (SSSR count). The summed E-state index contributed by atoms with van der Waals surface area (Å²) in [5, 5.41) is 4.36. The van der Waals surface area contributed by atoms with Crippen LogP contribution in [-0.2, 0) is 6.54 Å². The standard InChI is InChI=1S/C18H20ClN5OS/c19-12-6-5-11(13(8-12)14-4-2-1-3-7-20-14)9-24-16-15(21-10-22-16)17(25)23-18(24)26/h5-6,8,10,14,20H,1-4,7,9H2,(H,21,22)(H,23,25,26)/t14-/m1/s1. The van der Waals surface area contributed by atoms with Gasteiger partial charge in [-0.2, -0.15) is 0 Å². The van der Waals surface area contributed by atoms with E-state index < -0.39 is 0 Å². The van der Waals surface area contributed by atoms with E-state index in [2.05, 4.69) is 20.3 Å². The third kappa shape index (κ3) is 3.34. The second-order valence-corrected chi connectivity index (χ2v) is 7.47. The fourth-order valence-corrected chi connectivity index (χ4v) is 4.05. The second-order valence-electron chi connectivity index (χ2n) is 6.65. The Labute approximate surface area is 160 Å². The first-order chi connectivity index (χ1) is 12.6. The zero-order chi connectivity index (χ0) is 18.1. The van der Waals surface area contributed by atoms with Gasteiger partial charge in [0.25, 0.3) is 5.56 Å². The quantitative estimate of drug-likeness (QED) is 0.597. The summed E-state index contributed by atoms with van der Waals surface area (Å²) in [6.45, 7) is 1.54. The average Bonchev–Trinajstić information content (AvgIpc) is 2.95. The summed E-state index contributed by atoms with van der Waals surface area (Å²) < 4.78 is 2.22. The fourth-order valence-electron chi connectivity index (χ4n) is 3.63. The zero-order valence-corrected chi connectivity index (χ0v) is 15.8. The van der Waals surface area contributed by atoms with Crippen LogP contribution in [0.2, 0.25) is 5.02 Å². The summed E-state index contributed by atoms with van der Waals surface area (Å²) in [6.07, 6.45) is 6.25. The van der Waals surface area contributed by atoms with Crippen molar-refractivity contribution in [1.29, 1.82) is 0 Å². The summed E-state index contributed by atoms with van der Waals surface area (Å²) in [6, 6.07) is 6.25. The highest BCUT2D eigenvalue weighted by Gasteiger charge is 2.18. The minimum atomic E-state index is -0.250. The Hall–Kier alpha value is -1.96. The molecule has 6 nitrogen and oxygen atoms in total. The Kier molecular flexibility index (Phi) is 4.93. The molecule has 0 saturated carbocycles. The molecule has 0 unspecified atom stereocenters. The predicted octanol–water partition coefficient (Wildman–Crippen LogP) is 3.69. The molecule has 1 fully saturated rings. The highest BCUT2D eigenvalue weighted by Crippen LogP contribution is 2.29. The lowest BCUT2D eigenvalue weighted by atomic mass is 9.96. The van der Waals surface area contributed by atoms with Crippen LogP contribution in [0.25, 0.3) is 11.2 Å². The number of halogens is 1. The normalized spacial score (nSPS) is 18.1. The molecule has 0 spiro atoms. The topological polar surface area (TPSA) is 78.5 Å². The van der Waals surface area contributed by atoms with Crippen molar-refractivity contribution in [3.63, 3.8) is 0 Å². The molecule has 1 saturated heterocycles. The molecule has 0 radical (unpaired) electrons. The number of aromatic nitrogens is 4. The SMILES string of the molecule is O=c1[nH]c(=S)n(Cc2ccc(Cl)cc2[C@H]2CCCCCN2)c2nc[nH]c12. The highest BCUT2D eigenvalue weighted by atomic mass is 35.5. The van der Waals surface area contributed by atoms with E-state index in [0.29, 0.717) is 22.5 Å². The largest absolute Gasteiger partial charge is 0.339 e. The molecule has 26 heavy (non-hydrogen) atoms. The van der Waals surface area contributed by atoms with Crippen molar-refractivity contribution in [3.8, 4) is 0 Å². The van der Waals surface area contributed by atoms with Crippen LogP contribution in [0.5, 0.6) is 0 Å². The van der Waals surface area contributed by atoms with Crippen molar-refractivity contribution in [1.82, 2.24) is 24.8 Å². The Balaban J connectivity index is 1.79. The first-order valence-corrected chi connectivity index (χ1v) is 9.60. The van der Waals surface area contributed by atoms with Gasteiger partial charge in [0, 0.05) is 11.1 Å². The van der Waals surface area contributed by atoms with E-state index in [1.165, 1.54) is 31.2 Å². The van der Waals surface area contributed by atoms with Crippen molar-refractivity contribution >= 4 is 35.0 Å². The lowest BCUT2D eigenvalue weighted by Gasteiger charge is -2.21. The van der Waals surface area contributed by atoms with Crippen LogP contribution in [-0.4, -0.2) is 26.1 Å². The molecule has 3 heterocycles. The van der Waals surface area contributed by atoms with Gasteiger partial charge in [-0.05, 0) is 54.9 Å². The zero-order valence-electron chi connectivity index (χ0n) is 14.2. The number of fused-ring (bicyclic) bond motifs is 1. The van der Waals surface area contributed by atoms with E-state index >= 15 is 0 Å². The second kappa shape index (κ2) is 7.34. The molecule has 8 heteroatoms. The number of nitrogens with zero attached hydrogens (tertiary/aromatic N) is 2. The number of imidazole rings is 1. The molecule has 0 bridgehead atoms. The predicted molar refractivity (Wildman–Crippen MR) is 105 cm³/mol. The molecule has 1 aliphatic rings. The van der Waals surface area contributed by atoms with Gasteiger partial charge in [0.05, 0.1) is 12.9 Å². The molecule has 1 atom stereocenters. The van der Waals surface area contributed by atoms with Crippen molar-refractivity contribution in [2.45, 2.75) is 38.3 Å². The Bertz CT molecular complexity index is 1050. The van der Waals surface area contributed by atoms with Crippen LogP contribution < -0.4 is 10.9 Å². The van der Waals surface area contributed by atoms with Gasteiger partial charge in [-0.3, -0.25) is 14.3 Å². The Morgan fingerprint density at radius 1 is 1.31 bits per heavy atom. The van der Waals surface area contributed by atoms with Crippen molar-refractivity contribution in [2.24, 2.45) is 0 Å². The molecule has 3 aromatic rings. The van der Waals surface area contributed by atoms with Crippen LogP contribution in [0.1, 0.15) is 42.9 Å². The van der Waals surface area contributed by atoms with E-state index in [-0.39, 0.29) is 11.6 Å². The van der Waals surface area contributed by atoms with Gasteiger partial charge in [0.2, 0.25) is 0 Å². The third-order valence-corrected chi connectivity index (χ3v) is 5.50. The molecular weight excluding hydrogens is 370 g/mol. The van der Waals surface area contributed by atoms with Gasteiger partial charge in [-0.25, -0.2) is 4.98 Å². The van der Waals surface area contributed by atoms with Crippen molar-refractivity contribution in [3.05, 3.63) is 55.8 Å². The van der Waals surface area contributed by atoms with Gasteiger partial charge in [-0.15, -0.1) is 0 Å². The number of H-pyrrole nitrogens is 2. The van der Waals surface area contributed by atoms with Crippen LogP contribution in [0.3, 0.4) is 0 Å². The summed E-state index contributed by atoms with van der Waals surface area (Å²) >= 11 is 11.7. The summed E-state index contributed by atoms with van der Waals surface area (Å²) in [5.41, 5.74) is 3.06. The number of benzene rings is 1. The van der Waals surface area contributed by atoms with Gasteiger partial charge < -0.3 is 10.3 Å². The number of nitrogens with one attached hydrogen (secondary N) is 3. The van der Waals surface area contributed by atoms with Gasteiger partial charge in [-0.1, -0.05) is 30.5 Å². The van der Waals surface area contributed by atoms with Crippen molar-refractivity contribution < 1.29 is 0 Å². The molecule has 0 aliphatic carbocycles. The lowest BCUT2D eigenvalue weighted by Crippen LogP contribution is -2.22. The van der Waals surface area contributed by atoms with Crippen LogP contribution >= 0.6 is 23.8 Å². The Morgan fingerprint density at radius 3 is 3.08 bits per heavy atom. The molecule has 1 aliphatic heterocycles. The lowest BCUT2D eigenvalue weighted by molar-refractivity contribution is 0.528. The number of aromatic amines is 2. The van der Waals surface area contributed by atoms with E-state index in [1.807, 2.05) is 22.8 Å². The monoisotopic (exact) mass is 389 g/mol. The molecule has 136 valence electrons. The third-order valence-electron chi connectivity index (χ3n) is 4.94. The van der Waals surface area contributed by atoms with Crippen molar-refractivity contribution in [2.75, 3.05) is 6.54 Å². The van der Waals surface area contributed by atoms with Gasteiger partial charge in [0.1, 0.15) is 5.52 Å². The van der Waals surface area contributed by atoms with E-state index in [4.69, 9.17) is 23.8 Å². The van der Waals surface area contributed by atoms with Crippen LogP contribution in [0.4, 0.5) is 0 Å². The molecule has 1 aromatic carbocycles.